The number of carbonyl (C=O) groups excluding carboxylic acids is 1. The van der Waals surface area contributed by atoms with Crippen molar-refractivity contribution in [3.05, 3.63) is 23.2 Å². The van der Waals surface area contributed by atoms with E-state index in [2.05, 4.69) is 10.6 Å². The predicted octanol–water partition coefficient (Wildman–Crippen LogP) is 2.43. The molecule has 2 aliphatic heterocycles. The highest BCUT2D eigenvalue weighted by Crippen LogP contribution is 2.35. The lowest BCUT2D eigenvalue weighted by atomic mass is 9.88. The van der Waals surface area contributed by atoms with Crippen LogP contribution in [0.25, 0.3) is 0 Å². The van der Waals surface area contributed by atoms with Crippen LogP contribution < -0.4 is 15.4 Å². The van der Waals surface area contributed by atoms with E-state index >= 15 is 0 Å². The molecule has 0 spiro atoms. The Morgan fingerprint density at radius 1 is 1.47 bits per heavy atom. The summed E-state index contributed by atoms with van der Waals surface area (Å²) in [7, 11) is 1.58. The van der Waals surface area contributed by atoms with Gasteiger partial charge in [-0.2, -0.15) is 0 Å². The fourth-order valence-corrected chi connectivity index (χ4v) is 3.29. The Labute approximate surface area is 117 Å². The van der Waals surface area contributed by atoms with Crippen molar-refractivity contribution in [3.8, 4) is 5.75 Å². The summed E-state index contributed by atoms with van der Waals surface area (Å²) in [4.78, 5) is 12.3. The largest absolute Gasteiger partial charge is 0.495 e. The number of rotatable bonds is 3. The predicted molar refractivity (Wildman–Crippen MR) is 74.7 cm³/mol. The van der Waals surface area contributed by atoms with Gasteiger partial charge in [0, 0.05) is 17.1 Å². The van der Waals surface area contributed by atoms with Crippen LogP contribution in [0.1, 0.15) is 19.3 Å². The Balaban J connectivity index is 1.74. The Morgan fingerprint density at radius 3 is 2.95 bits per heavy atom. The lowest BCUT2D eigenvalue weighted by molar-refractivity contribution is -0.120. The van der Waals surface area contributed by atoms with E-state index in [-0.39, 0.29) is 11.8 Å². The zero-order valence-electron chi connectivity index (χ0n) is 10.8. The highest BCUT2D eigenvalue weighted by Gasteiger charge is 2.42. The molecule has 2 aliphatic rings. The van der Waals surface area contributed by atoms with Crippen molar-refractivity contribution in [2.75, 3.05) is 12.4 Å². The first kappa shape index (κ1) is 12.8. The van der Waals surface area contributed by atoms with Crippen LogP contribution in [0.4, 0.5) is 5.69 Å². The second kappa shape index (κ2) is 5.02. The quantitative estimate of drug-likeness (QED) is 0.894. The minimum Gasteiger partial charge on any atom is -0.495 e. The molecule has 1 aromatic carbocycles. The molecule has 3 rings (SSSR count). The first-order valence-corrected chi connectivity index (χ1v) is 6.95. The molecule has 1 aromatic rings. The number of anilines is 1. The summed E-state index contributed by atoms with van der Waals surface area (Å²) in [6, 6.07) is 6.07. The van der Waals surface area contributed by atoms with Crippen LogP contribution in [0.2, 0.25) is 5.02 Å². The molecule has 0 aromatic heterocycles. The summed E-state index contributed by atoms with van der Waals surface area (Å²) < 4.78 is 5.24. The number of methoxy groups -OCH3 is 1. The van der Waals surface area contributed by atoms with Gasteiger partial charge in [0.05, 0.1) is 18.7 Å². The maximum atomic E-state index is 12.3. The number of nitrogens with one attached hydrogen (secondary N) is 2. The van der Waals surface area contributed by atoms with Gasteiger partial charge in [-0.25, -0.2) is 0 Å². The van der Waals surface area contributed by atoms with Gasteiger partial charge in [0.25, 0.3) is 0 Å². The first-order chi connectivity index (χ1) is 9.17. The maximum Gasteiger partial charge on any atom is 0.229 e. The van der Waals surface area contributed by atoms with Crippen molar-refractivity contribution in [2.45, 2.75) is 31.3 Å². The molecule has 0 aliphatic carbocycles. The normalized spacial score (nSPS) is 28.4. The van der Waals surface area contributed by atoms with Gasteiger partial charge in [-0.1, -0.05) is 11.6 Å². The van der Waals surface area contributed by atoms with E-state index in [4.69, 9.17) is 16.3 Å². The molecule has 0 saturated carbocycles. The first-order valence-electron chi connectivity index (χ1n) is 6.58. The smallest absolute Gasteiger partial charge is 0.229 e. The van der Waals surface area contributed by atoms with Crippen LogP contribution in [0, 0.1) is 5.92 Å². The molecular formula is C14H17ClN2O2. The van der Waals surface area contributed by atoms with Gasteiger partial charge < -0.3 is 15.4 Å². The average molecular weight is 281 g/mol. The molecule has 3 atom stereocenters. The van der Waals surface area contributed by atoms with E-state index in [1.54, 1.807) is 25.3 Å². The number of hydrogen-bond donors (Lipinski definition) is 2. The molecule has 0 radical (unpaired) electrons. The number of fused-ring (bicyclic) bond motifs is 2. The number of carbonyl (C=O) groups is 1. The molecule has 2 heterocycles. The third kappa shape index (κ3) is 2.42. The Morgan fingerprint density at radius 2 is 2.32 bits per heavy atom. The Kier molecular flexibility index (Phi) is 3.37. The summed E-state index contributed by atoms with van der Waals surface area (Å²) in [5.74, 6) is 0.747. The summed E-state index contributed by atoms with van der Waals surface area (Å²) in [6.07, 6.45) is 3.21. The van der Waals surface area contributed by atoms with Crippen molar-refractivity contribution >= 4 is 23.2 Å². The maximum absolute atomic E-state index is 12.3. The third-order valence-electron chi connectivity index (χ3n) is 4.06. The average Bonchev–Trinajstić information content (AvgIpc) is 3.01. The van der Waals surface area contributed by atoms with Crippen molar-refractivity contribution < 1.29 is 9.53 Å². The van der Waals surface area contributed by atoms with E-state index in [9.17, 15) is 4.79 Å². The summed E-state index contributed by atoms with van der Waals surface area (Å²) in [5.41, 5.74) is 0.641. The van der Waals surface area contributed by atoms with Gasteiger partial charge in [-0.05, 0) is 37.5 Å². The second-order valence-electron chi connectivity index (χ2n) is 5.22. The van der Waals surface area contributed by atoms with E-state index in [0.29, 0.717) is 28.5 Å². The molecule has 2 saturated heterocycles. The van der Waals surface area contributed by atoms with Gasteiger partial charge >= 0.3 is 0 Å². The number of ether oxygens (including phenoxy) is 1. The van der Waals surface area contributed by atoms with Crippen LogP contribution in [-0.4, -0.2) is 25.1 Å². The molecule has 1 amide bonds. The zero-order valence-corrected chi connectivity index (χ0v) is 11.5. The molecular weight excluding hydrogens is 264 g/mol. The van der Waals surface area contributed by atoms with Gasteiger partial charge in [0.15, 0.2) is 0 Å². The van der Waals surface area contributed by atoms with E-state index in [0.717, 1.165) is 12.8 Å². The second-order valence-corrected chi connectivity index (χ2v) is 5.66. The molecule has 5 heteroatoms. The van der Waals surface area contributed by atoms with E-state index < -0.39 is 0 Å². The summed E-state index contributed by atoms with van der Waals surface area (Å²) in [6.45, 7) is 0. The number of halogens is 1. The van der Waals surface area contributed by atoms with Gasteiger partial charge in [0.1, 0.15) is 5.75 Å². The lowest BCUT2D eigenvalue weighted by Gasteiger charge is -2.20. The Hall–Kier alpha value is -1.26. The Bertz CT molecular complexity index is 506. The molecule has 2 fully saturated rings. The van der Waals surface area contributed by atoms with Crippen LogP contribution in [0.15, 0.2) is 18.2 Å². The summed E-state index contributed by atoms with van der Waals surface area (Å²) >= 11 is 5.96. The molecule has 2 bridgehead atoms. The van der Waals surface area contributed by atoms with Crippen molar-refractivity contribution in [3.63, 3.8) is 0 Å². The zero-order chi connectivity index (χ0) is 13.4. The van der Waals surface area contributed by atoms with Crippen LogP contribution >= 0.6 is 11.6 Å². The minimum absolute atomic E-state index is 0.0558. The number of benzene rings is 1. The highest BCUT2D eigenvalue weighted by atomic mass is 35.5. The summed E-state index contributed by atoms with van der Waals surface area (Å²) in [5, 5.41) is 6.99. The third-order valence-corrected chi connectivity index (χ3v) is 4.29. The molecule has 102 valence electrons. The van der Waals surface area contributed by atoms with Crippen molar-refractivity contribution in [1.82, 2.24) is 5.32 Å². The minimum atomic E-state index is 0.0558. The van der Waals surface area contributed by atoms with Gasteiger partial charge in [-0.3, -0.25) is 4.79 Å². The number of hydrogen-bond acceptors (Lipinski definition) is 3. The van der Waals surface area contributed by atoms with Crippen LogP contribution in [0.5, 0.6) is 5.75 Å². The standard InChI is InChI=1S/C14H17ClN2O2/c1-19-13-5-2-8(15)6-12(13)17-14(18)10-7-9-3-4-11(10)16-9/h2,5-6,9-11,16H,3-4,7H2,1H3,(H,17,18). The van der Waals surface area contributed by atoms with Crippen LogP contribution in [-0.2, 0) is 4.79 Å². The molecule has 3 unspecified atom stereocenters. The monoisotopic (exact) mass is 280 g/mol. The topological polar surface area (TPSA) is 50.4 Å². The lowest BCUT2D eigenvalue weighted by Crippen LogP contribution is -2.32. The molecule has 2 N–H and O–H groups in total. The number of amides is 1. The van der Waals surface area contributed by atoms with Gasteiger partial charge in [-0.15, -0.1) is 0 Å². The van der Waals surface area contributed by atoms with E-state index in [1.165, 1.54) is 6.42 Å². The van der Waals surface area contributed by atoms with Gasteiger partial charge in [0.2, 0.25) is 5.91 Å². The van der Waals surface area contributed by atoms with E-state index in [1.807, 2.05) is 0 Å². The van der Waals surface area contributed by atoms with Crippen LogP contribution in [0.3, 0.4) is 0 Å². The fraction of sp³-hybridized carbons (Fsp3) is 0.500. The van der Waals surface area contributed by atoms with Crippen molar-refractivity contribution in [1.29, 1.82) is 0 Å². The molecule has 4 nitrogen and oxygen atoms in total. The SMILES string of the molecule is COc1ccc(Cl)cc1NC(=O)C1CC2CCC1N2. The molecule has 19 heavy (non-hydrogen) atoms. The van der Waals surface area contributed by atoms with Crippen molar-refractivity contribution in [2.24, 2.45) is 5.92 Å². The fourth-order valence-electron chi connectivity index (χ4n) is 3.12. The highest BCUT2D eigenvalue weighted by molar-refractivity contribution is 6.31.